The molecule has 9 heavy (non-hydrogen) atoms. The third-order valence-corrected chi connectivity index (χ3v) is 1.15. The number of hydrogen-bond acceptors (Lipinski definition) is 2. The Labute approximate surface area is 56.0 Å². The third kappa shape index (κ3) is 2.22. The topological polar surface area (TPSA) is 35.2 Å². The van der Waals surface area contributed by atoms with Crippen LogP contribution in [0.4, 0.5) is 0 Å². The van der Waals surface area contributed by atoms with E-state index >= 15 is 0 Å². The van der Waals surface area contributed by atoms with Crippen molar-refractivity contribution in [3.05, 3.63) is 23.6 Å². The van der Waals surface area contributed by atoms with Gasteiger partial charge in [0, 0.05) is 0 Å². The fourth-order valence-electron chi connectivity index (χ4n) is 0.410. The fourth-order valence-corrected chi connectivity index (χ4v) is 0.410. The number of ether oxygens (including phenoxy) is 1. The molecule has 2 heteroatoms. The lowest BCUT2D eigenvalue weighted by Crippen LogP contribution is -2.02. The van der Waals surface area contributed by atoms with Gasteiger partial charge in [0.25, 0.3) is 0 Å². The Morgan fingerprint density at radius 3 is 2.00 bits per heavy atom. The molecular formula is C7H13NO. The van der Waals surface area contributed by atoms with Crippen molar-refractivity contribution < 1.29 is 4.74 Å². The summed E-state index contributed by atoms with van der Waals surface area (Å²) in [7, 11) is 1.59. The molecule has 0 radical (unpaired) electrons. The Morgan fingerprint density at radius 1 is 1.44 bits per heavy atom. The Hall–Kier alpha value is -0.920. The maximum Gasteiger partial charge on any atom is 0.116 e. The second-order valence-electron chi connectivity index (χ2n) is 1.95. The molecular weight excluding hydrogens is 114 g/mol. The molecule has 0 aliphatic heterocycles. The first kappa shape index (κ1) is 8.08. The Bertz CT molecular complexity index is 147. The second-order valence-corrected chi connectivity index (χ2v) is 1.95. The quantitative estimate of drug-likeness (QED) is 0.449. The zero-order valence-corrected chi connectivity index (χ0v) is 6.19. The van der Waals surface area contributed by atoms with E-state index in [4.69, 9.17) is 10.5 Å². The van der Waals surface area contributed by atoms with Crippen molar-refractivity contribution in [2.24, 2.45) is 5.73 Å². The van der Waals surface area contributed by atoms with E-state index in [0.717, 1.165) is 11.3 Å². The summed E-state index contributed by atoms with van der Waals surface area (Å²) in [6.45, 7) is 7.32. The van der Waals surface area contributed by atoms with Gasteiger partial charge in [-0.15, -0.1) is 0 Å². The SMILES string of the molecule is C=C(C)/C(N)=C(\C)OC. The summed E-state index contributed by atoms with van der Waals surface area (Å²) in [4.78, 5) is 0. The van der Waals surface area contributed by atoms with Crippen LogP contribution in [0.3, 0.4) is 0 Å². The van der Waals surface area contributed by atoms with Crippen molar-refractivity contribution in [3.63, 3.8) is 0 Å². The van der Waals surface area contributed by atoms with Crippen LogP contribution in [0, 0.1) is 0 Å². The molecule has 0 aromatic carbocycles. The van der Waals surface area contributed by atoms with Gasteiger partial charge in [-0.1, -0.05) is 6.58 Å². The van der Waals surface area contributed by atoms with E-state index in [1.165, 1.54) is 0 Å². The first-order chi connectivity index (χ1) is 4.09. The molecule has 0 amide bonds. The second kappa shape index (κ2) is 3.17. The highest BCUT2D eigenvalue weighted by molar-refractivity contribution is 5.24. The van der Waals surface area contributed by atoms with E-state index in [1.54, 1.807) is 7.11 Å². The van der Waals surface area contributed by atoms with Crippen molar-refractivity contribution in [3.8, 4) is 0 Å². The number of nitrogens with two attached hydrogens (primary N) is 1. The number of hydrogen-bond donors (Lipinski definition) is 1. The first-order valence-corrected chi connectivity index (χ1v) is 2.75. The van der Waals surface area contributed by atoms with Crippen LogP contribution in [0.2, 0.25) is 0 Å². The van der Waals surface area contributed by atoms with E-state index < -0.39 is 0 Å². The lowest BCUT2D eigenvalue weighted by atomic mass is 10.2. The lowest BCUT2D eigenvalue weighted by molar-refractivity contribution is 0.289. The fraction of sp³-hybridized carbons (Fsp3) is 0.429. The molecule has 0 atom stereocenters. The predicted octanol–water partition coefficient (Wildman–Crippen LogP) is 1.40. The van der Waals surface area contributed by atoms with Gasteiger partial charge in [0.05, 0.1) is 12.8 Å². The van der Waals surface area contributed by atoms with Gasteiger partial charge in [-0.2, -0.15) is 0 Å². The van der Waals surface area contributed by atoms with Gasteiger partial charge in [0.15, 0.2) is 0 Å². The number of methoxy groups -OCH3 is 1. The summed E-state index contributed by atoms with van der Waals surface area (Å²) in [6, 6.07) is 0. The van der Waals surface area contributed by atoms with Crippen molar-refractivity contribution in [1.29, 1.82) is 0 Å². The minimum absolute atomic E-state index is 0.637. The van der Waals surface area contributed by atoms with Gasteiger partial charge in [-0.25, -0.2) is 0 Å². The molecule has 0 unspecified atom stereocenters. The minimum Gasteiger partial charge on any atom is -0.499 e. The molecule has 0 aromatic heterocycles. The molecule has 2 nitrogen and oxygen atoms in total. The van der Waals surface area contributed by atoms with Gasteiger partial charge >= 0.3 is 0 Å². The zero-order valence-electron chi connectivity index (χ0n) is 6.19. The molecule has 0 aromatic rings. The average molecular weight is 127 g/mol. The van der Waals surface area contributed by atoms with Crippen LogP contribution < -0.4 is 5.73 Å². The van der Waals surface area contributed by atoms with E-state index in [2.05, 4.69) is 6.58 Å². The maximum absolute atomic E-state index is 5.53. The molecule has 0 saturated carbocycles. The summed E-state index contributed by atoms with van der Waals surface area (Å²) in [5, 5.41) is 0. The van der Waals surface area contributed by atoms with Crippen LogP contribution in [-0.4, -0.2) is 7.11 Å². The van der Waals surface area contributed by atoms with Gasteiger partial charge in [0.1, 0.15) is 5.76 Å². The predicted molar refractivity (Wildman–Crippen MR) is 38.7 cm³/mol. The molecule has 0 rings (SSSR count). The highest BCUT2D eigenvalue weighted by Gasteiger charge is 1.95. The third-order valence-electron chi connectivity index (χ3n) is 1.15. The summed E-state index contributed by atoms with van der Waals surface area (Å²) in [5.74, 6) is 0.725. The van der Waals surface area contributed by atoms with Gasteiger partial charge in [0.2, 0.25) is 0 Å². The Balaban J connectivity index is 4.28. The minimum atomic E-state index is 0.637. The van der Waals surface area contributed by atoms with Crippen LogP contribution in [0.1, 0.15) is 13.8 Å². The average Bonchev–Trinajstić information content (AvgIpc) is 1.84. The molecule has 0 heterocycles. The first-order valence-electron chi connectivity index (χ1n) is 2.75. The number of rotatable bonds is 2. The highest BCUT2D eigenvalue weighted by atomic mass is 16.5. The van der Waals surface area contributed by atoms with Crippen LogP contribution in [0.25, 0.3) is 0 Å². The van der Waals surface area contributed by atoms with Crippen molar-refractivity contribution in [2.45, 2.75) is 13.8 Å². The van der Waals surface area contributed by atoms with Crippen LogP contribution in [-0.2, 0) is 4.74 Å². The standard InChI is InChI=1S/C7H13NO/c1-5(2)7(8)6(3)9-4/h1,8H2,2-4H3/b7-6-. The molecule has 0 aliphatic carbocycles. The monoisotopic (exact) mass is 127 g/mol. The van der Waals surface area contributed by atoms with E-state index in [-0.39, 0.29) is 0 Å². The summed E-state index contributed by atoms with van der Waals surface area (Å²) < 4.78 is 4.87. The Kier molecular flexibility index (Phi) is 2.85. The summed E-state index contributed by atoms with van der Waals surface area (Å²) in [5.41, 5.74) is 7.00. The summed E-state index contributed by atoms with van der Waals surface area (Å²) in [6.07, 6.45) is 0. The van der Waals surface area contributed by atoms with Crippen molar-refractivity contribution >= 4 is 0 Å². The largest absolute Gasteiger partial charge is 0.499 e. The van der Waals surface area contributed by atoms with Crippen LogP contribution in [0.5, 0.6) is 0 Å². The summed E-state index contributed by atoms with van der Waals surface area (Å²) >= 11 is 0. The van der Waals surface area contributed by atoms with Gasteiger partial charge in [-0.3, -0.25) is 0 Å². The maximum atomic E-state index is 5.53. The van der Waals surface area contributed by atoms with Crippen molar-refractivity contribution in [1.82, 2.24) is 0 Å². The molecule has 0 aliphatic rings. The molecule has 52 valence electrons. The normalized spacial score (nSPS) is 12.3. The van der Waals surface area contributed by atoms with Crippen molar-refractivity contribution in [2.75, 3.05) is 7.11 Å². The van der Waals surface area contributed by atoms with Crippen LogP contribution in [0.15, 0.2) is 23.6 Å². The molecule has 0 fully saturated rings. The Morgan fingerprint density at radius 2 is 1.89 bits per heavy atom. The molecule has 2 N–H and O–H groups in total. The van der Waals surface area contributed by atoms with Gasteiger partial charge < -0.3 is 10.5 Å². The zero-order chi connectivity index (χ0) is 7.44. The smallest absolute Gasteiger partial charge is 0.116 e. The van der Waals surface area contributed by atoms with E-state index in [9.17, 15) is 0 Å². The van der Waals surface area contributed by atoms with E-state index in [0.29, 0.717) is 5.70 Å². The molecule has 0 spiro atoms. The van der Waals surface area contributed by atoms with E-state index in [1.807, 2.05) is 13.8 Å². The molecule has 0 saturated heterocycles. The highest BCUT2D eigenvalue weighted by Crippen LogP contribution is 2.05. The lowest BCUT2D eigenvalue weighted by Gasteiger charge is -2.03. The molecule has 0 bridgehead atoms. The number of allylic oxidation sites excluding steroid dienone is 2. The van der Waals surface area contributed by atoms with Crippen LogP contribution >= 0.6 is 0 Å². The van der Waals surface area contributed by atoms with Gasteiger partial charge in [-0.05, 0) is 19.4 Å².